The van der Waals surface area contributed by atoms with Gasteiger partial charge in [0.15, 0.2) is 0 Å². The van der Waals surface area contributed by atoms with Crippen LogP contribution in [0.2, 0.25) is 0 Å². The number of hydrogen-bond acceptors (Lipinski definition) is 3. The maximum atomic E-state index is 8.05. The second-order valence-corrected chi connectivity index (χ2v) is 2.04. The summed E-state index contributed by atoms with van der Waals surface area (Å²) in [7, 11) is 0. The number of aromatic amines is 1. The highest BCUT2D eigenvalue weighted by molar-refractivity contribution is 5.77. The number of hydrogen-bond donors (Lipinski definition) is 2. The first kappa shape index (κ1) is 7.53. The molecule has 0 aliphatic rings. The number of aromatic nitrogens is 2. The number of allylic oxidation sites excluding steroid dienone is 1. The van der Waals surface area contributed by atoms with Gasteiger partial charge in [0, 0.05) is 5.69 Å². The van der Waals surface area contributed by atoms with Gasteiger partial charge >= 0.3 is 0 Å². The van der Waals surface area contributed by atoms with Gasteiger partial charge < -0.3 is 10.2 Å². The lowest BCUT2D eigenvalue weighted by atomic mass is 10.3. The van der Waals surface area contributed by atoms with Crippen LogP contribution < -0.4 is 0 Å². The van der Waals surface area contributed by atoms with E-state index in [1.165, 1.54) is 6.21 Å². The first-order valence-corrected chi connectivity index (χ1v) is 3.18. The van der Waals surface area contributed by atoms with Crippen molar-refractivity contribution in [3.8, 4) is 0 Å². The Balaban J connectivity index is 2.71. The molecule has 0 aromatic carbocycles. The number of nitrogens with zero attached hydrogens (tertiary/aromatic N) is 2. The summed E-state index contributed by atoms with van der Waals surface area (Å²) in [6.07, 6.45) is 6.27. The highest BCUT2D eigenvalue weighted by Crippen LogP contribution is 2.01. The summed E-state index contributed by atoms with van der Waals surface area (Å²) in [5.74, 6) is 0. The fourth-order valence-electron chi connectivity index (χ4n) is 0.710. The average molecular weight is 151 g/mol. The van der Waals surface area contributed by atoms with Crippen LogP contribution in [0.25, 0.3) is 6.08 Å². The number of H-pyrrole nitrogens is 1. The van der Waals surface area contributed by atoms with Crippen molar-refractivity contribution in [2.24, 2.45) is 5.16 Å². The summed E-state index contributed by atoms with van der Waals surface area (Å²) in [4.78, 5) is 6.93. The van der Waals surface area contributed by atoms with Gasteiger partial charge in [0.05, 0.1) is 18.2 Å². The average Bonchev–Trinajstić information content (AvgIpc) is 2.37. The molecule has 0 aliphatic heterocycles. The lowest BCUT2D eigenvalue weighted by Gasteiger charge is -1.84. The minimum absolute atomic E-state index is 0.852. The van der Waals surface area contributed by atoms with E-state index in [4.69, 9.17) is 5.21 Å². The summed E-state index contributed by atoms with van der Waals surface area (Å²) in [6.45, 7) is 1.92. The first-order chi connectivity index (χ1) is 5.34. The van der Waals surface area contributed by atoms with Crippen LogP contribution in [0.5, 0.6) is 0 Å². The van der Waals surface area contributed by atoms with E-state index >= 15 is 0 Å². The van der Waals surface area contributed by atoms with Crippen molar-refractivity contribution in [1.29, 1.82) is 0 Å². The van der Waals surface area contributed by atoms with Crippen LogP contribution in [0.4, 0.5) is 0 Å². The lowest BCUT2D eigenvalue weighted by Crippen LogP contribution is -1.75. The molecule has 0 bridgehead atoms. The Morgan fingerprint density at radius 1 is 1.73 bits per heavy atom. The summed E-state index contributed by atoms with van der Waals surface area (Å²) >= 11 is 0. The smallest absolute Gasteiger partial charge is 0.0929 e. The van der Waals surface area contributed by atoms with Gasteiger partial charge in [-0.05, 0) is 19.1 Å². The SMILES string of the molecule is Cc1[nH]cnc1/C=C\C=N\O. The van der Waals surface area contributed by atoms with E-state index in [0.717, 1.165) is 11.4 Å². The molecule has 4 nitrogen and oxygen atoms in total. The Kier molecular flexibility index (Phi) is 2.43. The van der Waals surface area contributed by atoms with Crippen molar-refractivity contribution in [3.63, 3.8) is 0 Å². The van der Waals surface area contributed by atoms with E-state index in [0.29, 0.717) is 0 Å². The lowest BCUT2D eigenvalue weighted by molar-refractivity contribution is 0.322. The van der Waals surface area contributed by atoms with Crippen molar-refractivity contribution >= 4 is 12.3 Å². The van der Waals surface area contributed by atoms with Gasteiger partial charge in [0.2, 0.25) is 0 Å². The molecular weight excluding hydrogens is 142 g/mol. The second kappa shape index (κ2) is 3.55. The molecule has 0 saturated carbocycles. The van der Waals surface area contributed by atoms with Crippen molar-refractivity contribution in [2.75, 3.05) is 0 Å². The number of imidazole rings is 1. The zero-order valence-corrected chi connectivity index (χ0v) is 6.15. The number of rotatable bonds is 2. The van der Waals surface area contributed by atoms with Crippen LogP contribution in [-0.2, 0) is 0 Å². The largest absolute Gasteiger partial charge is 0.411 e. The van der Waals surface area contributed by atoms with Gasteiger partial charge in [-0.25, -0.2) is 4.98 Å². The van der Waals surface area contributed by atoms with Crippen LogP contribution in [0.15, 0.2) is 17.6 Å². The van der Waals surface area contributed by atoms with Gasteiger partial charge in [0.1, 0.15) is 0 Å². The highest BCUT2D eigenvalue weighted by Gasteiger charge is 1.92. The summed E-state index contributed by atoms with van der Waals surface area (Å²) in [6, 6.07) is 0. The quantitative estimate of drug-likeness (QED) is 0.379. The molecule has 0 atom stereocenters. The molecule has 0 aliphatic carbocycles. The van der Waals surface area contributed by atoms with E-state index in [2.05, 4.69) is 15.1 Å². The molecule has 0 radical (unpaired) electrons. The maximum Gasteiger partial charge on any atom is 0.0929 e. The summed E-state index contributed by atoms with van der Waals surface area (Å²) in [5, 5.41) is 10.9. The molecule has 1 aromatic rings. The first-order valence-electron chi connectivity index (χ1n) is 3.18. The Bertz CT molecular complexity index is 275. The molecule has 0 unspecified atom stereocenters. The zero-order chi connectivity index (χ0) is 8.10. The molecular formula is C7H9N3O. The minimum Gasteiger partial charge on any atom is -0.411 e. The van der Waals surface area contributed by atoms with Crippen molar-refractivity contribution in [2.45, 2.75) is 6.92 Å². The van der Waals surface area contributed by atoms with Crippen molar-refractivity contribution in [1.82, 2.24) is 9.97 Å². The third-order valence-electron chi connectivity index (χ3n) is 1.28. The number of aryl methyl sites for hydroxylation is 1. The van der Waals surface area contributed by atoms with E-state index in [1.807, 2.05) is 6.92 Å². The van der Waals surface area contributed by atoms with Gasteiger partial charge in [-0.2, -0.15) is 0 Å². The van der Waals surface area contributed by atoms with E-state index in [9.17, 15) is 0 Å². The van der Waals surface area contributed by atoms with Crippen LogP contribution in [-0.4, -0.2) is 21.4 Å². The van der Waals surface area contributed by atoms with Gasteiger partial charge in [-0.3, -0.25) is 0 Å². The molecule has 4 heteroatoms. The fraction of sp³-hybridized carbons (Fsp3) is 0.143. The van der Waals surface area contributed by atoms with Gasteiger partial charge in [0.25, 0.3) is 0 Å². The molecule has 0 saturated heterocycles. The topological polar surface area (TPSA) is 61.3 Å². The van der Waals surface area contributed by atoms with Crippen LogP contribution in [0.1, 0.15) is 11.4 Å². The third-order valence-corrected chi connectivity index (χ3v) is 1.28. The van der Waals surface area contributed by atoms with Crippen molar-refractivity contribution in [3.05, 3.63) is 23.8 Å². The predicted molar refractivity (Wildman–Crippen MR) is 42.6 cm³/mol. The molecule has 1 heterocycles. The highest BCUT2D eigenvalue weighted by atomic mass is 16.4. The Morgan fingerprint density at radius 3 is 3.09 bits per heavy atom. The predicted octanol–water partition coefficient (Wildman–Crippen LogP) is 1.19. The van der Waals surface area contributed by atoms with Crippen LogP contribution >= 0.6 is 0 Å². The zero-order valence-electron chi connectivity index (χ0n) is 6.15. The molecule has 0 fully saturated rings. The van der Waals surface area contributed by atoms with E-state index < -0.39 is 0 Å². The molecule has 0 amide bonds. The second-order valence-electron chi connectivity index (χ2n) is 2.04. The fourth-order valence-corrected chi connectivity index (χ4v) is 0.710. The maximum absolute atomic E-state index is 8.05. The Labute approximate surface area is 64.3 Å². The van der Waals surface area contributed by atoms with E-state index in [1.54, 1.807) is 18.5 Å². The minimum atomic E-state index is 0.852. The standard InChI is InChI=1S/C7H9N3O/c1-6-7(9-5-8-6)3-2-4-10-11/h2-5,11H,1H3,(H,8,9)/b3-2-,10-4+. The molecule has 58 valence electrons. The van der Waals surface area contributed by atoms with Crippen LogP contribution in [0.3, 0.4) is 0 Å². The van der Waals surface area contributed by atoms with Crippen LogP contribution in [0, 0.1) is 6.92 Å². The van der Waals surface area contributed by atoms with Crippen molar-refractivity contribution < 1.29 is 5.21 Å². The molecule has 1 aromatic heterocycles. The van der Waals surface area contributed by atoms with Gasteiger partial charge in [-0.1, -0.05) is 5.16 Å². The molecule has 2 N–H and O–H groups in total. The molecule has 0 spiro atoms. The molecule has 11 heavy (non-hydrogen) atoms. The monoisotopic (exact) mass is 151 g/mol. The Hall–Kier alpha value is -1.58. The Morgan fingerprint density at radius 2 is 2.55 bits per heavy atom. The molecule has 1 rings (SSSR count). The summed E-state index contributed by atoms with van der Waals surface area (Å²) in [5.41, 5.74) is 1.84. The van der Waals surface area contributed by atoms with E-state index in [-0.39, 0.29) is 0 Å². The normalized spacial score (nSPS) is 11.7. The number of nitrogens with one attached hydrogen (secondary N) is 1. The summed E-state index contributed by atoms with van der Waals surface area (Å²) < 4.78 is 0. The third kappa shape index (κ3) is 1.93. The number of oxime groups is 1. The van der Waals surface area contributed by atoms with Gasteiger partial charge in [-0.15, -0.1) is 0 Å².